The van der Waals surface area contributed by atoms with Gasteiger partial charge >= 0.3 is 6.03 Å². The summed E-state index contributed by atoms with van der Waals surface area (Å²) in [6, 6.07) is 7.88. The number of hydrogen-bond acceptors (Lipinski definition) is 3. The molecule has 2 aromatic rings. The summed E-state index contributed by atoms with van der Waals surface area (Å²) < 4.78 is 14.0. The van der Waals surface area contributed by atoms with Crippen LogP contribution in [0.15, 0.2) is 36.5 Å². The van der Waals surface area contributed by atoms with Crippen molar-refractivity contribution in [2.45, 2.75) is 19.3 Å². The van der Waals surface area contributed by atoms with E-state index in [0.717, 1.165) is 11.3 Å². The molecule has 0 fully saturated rings. The van der Waals surface area contributed by atoms with Gasteiger partial charge in [0.05, 0.1) is 5.69 Å². The van der Waals surface area contributed by atoms with E-state index in [1.807, 2.05) is 18.2 Å². The van der Waals surface area contributed by atoms with Crippen LogP contribution in [0.2, 0.25) is 0 Å². The Labute approximate surface area is 138 Å². The van der Waals surface area contributed by atoms with Crippen LogP contribution in [-0.4, -0.2) is 23.5 Å². The third-order valence-corrected chi connectivity index (χ3v) is 3.73. The van der Waals surface area contributed by atoms with Crippen molar-refractivity contribution < 1.29 is 14.0 Å². The van der Waals surface area contributed by atoms with E-state index in [4.69, 9.17) is 0 Å². The van der Waals surface area contributed by atoms with Crippen LogP contribution >= 0.6 is 0 Å². The van der Waals surface area contributed by atoms with Gasteiger partial charge in [0.15, 0.2) is 0 Å². The molecule has 1 aliphatic heterocycles. The molecule has 0 unspecified atom stereocenters. The van der Waals surface area contributed by atoms with Gasteiger partial charge in [-0.15, -0.1) is 0 Å². The number of hydrogen-bond donors (Lipinski definition) is 3. The minimum atomic E-state index is -0.587. The second-order valence-corrected chi connectivity index (χ2v) is 5.49. The van der Waals surface area contributed by atoms with E-state index in [2.05, 4.69) is 20.9 Å². The number of carbonyl (C=O) groups excluding carboxylic acids is 2. The predicted molar refractivity (Wildman–Crippen MR) is 88.3 cm³/mol. The van der Waals surface area contributed by atoms with Crippen LogP contribution in [0.25, 0.3) is 0 Å². The third-order valence-electron chi connectivity index (χ3n) is 3.73. The summed E-state index contributed by atoms with van der Waals surface area (Å²) in [5, 5.41) is 7.79. The van der Waals surface area contributed by atoms with E-state index in [1.165, 1.54) is 6.07 Å². The summed E-state index contributed by atoms with van der Waals surface area (Å²) in [7, 11) is 0. The predicted octanol–water partition coefficient (Wildman–Crippen LogP) is 2.47. The number of carbonyl (C=O) groups is 2. The first-order chi connectivity index (χ1) is 11.6. The molecular weight excluding hydrogens is 311 g/mol. The quantitative estimate of drug-likeness (QED) is 0.806. The standard InChI is InChI=1S/C17H17FN4O2/c18-13-10-14-11(4-5-16(23)21-14)9-15(13)22-17(24)20-8-6-12-3-1-2-7-19-12/h1-3,7,9-10H,4-6,8H2,(H,21,23)(H2,20,22,24). The van der Waals surface area contributed by atoms with Gasteiger partial charge in [0.1, 0.15) is 5.82 Å². The first kappa shape index (κ1) is 15.9. The number of aromatic nitrogens is 1. The Hall–Kier alpha value is -2.96. The fraction of sp³-hybridized carbons (Fsp3) is 0.235. The summed E-state index contributed by atoms with van der Waals surface area (Å²) in [4.78, 5) is 27.4. The number of amides is 3. The number of pyridine rings is 1. The maximum atomic E-state index is 14.0. The molecule has 1 aliphatic rings. The van der Waals surface area contributed by atoms with Crippen LogP contribution in [-0.2, 0) is 17.6 Å². The monoisotopic (exact) mass is 328 g/mol. The average molecular weight is 328 g/mol. The normalized spacial score (nSPS) is 13.0. The third kappa shape index (κ3) is 3.87. The summed E-state index contributed by atoms with van der Waals surface area (Å²) in [6.45, 7) is 0.394. The van der Waals surface area contributed by atoms with Gasteiger partial charge in [-0.2, -0.15) is 0 Å². The molecule has 3 N–H and O–H groups in total. The molecule has 1 aromatic heterocycles. The zero-order valence-electron chi connectivity index (χ0n) is 12.9. The first-order valence-corrected chi connectivity index (χ1v) is 7.69. The topological polar surface area (TPSA) is 83.1 Å². The van der Waals surface area contributed by atoms with Crippen LogP contribution in [0.1, 0.15) is 17.7 Å². The number of rotatable bonds is 4. The first-order valence-electron chi connectivity index (χ1n) is 7.69. The number of halogens is 1. The van der Waals surface area contributed by atoms with E-state index in [1.54, 1.807) is 12.3 Å². The molecule has 0 saturated carbocycles. The molecule has 0 aliphatic carbocycles. The van der Waals surface area contributed by atoms with Gasteiger partial charge in [-0.25, -0.2) is 9.18 Å². The summed E-state index contributed by atoms with van der Waals surface area (Å²) in [5.74, 6) is -0.717. The number of fused-ring (bicyclic) bond motifs is 1. The van der Waals surface area contributed by atoms with Gasteiger partial charge in [-0.1, -0.05) is 6.07 Å². The molecule has 24 heavy (non-hydrogen) atoms. The van der Waals surface area contributed by atoms with Crippen LogP contribution in [0, 0.1) is 5.82 Å². The molecule has 0 radical (unpaired) electrons. The number of urea groups is 1. The van der Waals surface area contributed by atoms with Crippen molar-refractivity contribution in [2.75, 3.05) is 17.2 Å². The largest absolute Gasteiger partial charge is 0.337 e. The highest BCUT2D eigenvalue weighted by Crippen LogP contribution is 2.28. The molecule has 1 aromatic carbocycles. The molecule has 0 saturated heterocycles. The second-order valence-electron chi connectivity index (χ2n) is 5.49. The minimum absolute atomic E-state index is 0.0974. The lowest BCUT2D eigenvalue weighted by molar-refractivity contribution is -0.116. The second kappa shape index (κ2) is 7.08. The van der Waals surface area contributed by atoms with E-state index in [-0.39, 0.29) is 11.6 Å². The molecule has 0 bridgehead atoms. The van der Waals surface area contributed by atoms with Gasteiger partial charge in [0, 0.05) is 37.0 Å². The number of aryl methyl sites for hydroxylation is 1. The average Bonchev–Trinajstić information content (AvgIpc) is 2.57. The number of nitrogens with one attached hydrogen (secondary N) is 3. The van der Waals surface area contributed by atoms with Gasteiger partial charge in [0.25, 0.3) is 0 Å². The lowest BCUT2D eigenvalue weighted by atomic mass is 10.0. The molecule has 0 spiro atoms. The molecule has 124 valence electrons. The minimum Gasteiger partial charge on any atom is -0.337 e. The van der Waals surface area contributed by atoms with E-state index >= 15 is 0 Å². The molecule has 7 heteroatoms. The molecule has 3 rings (SSSR count). The number of anilines is 2. The Balaban J connectivity index is 1.57. The van der Waals surface area contributed by atoms with Gasteiger partial charge in [-0.3, -0.25) is 9.78 Å². The zero-order chi connectivity index (χ0) is 16.9. The maximum Gasteiger partial charge on any atom is 0.319 e. The van der Waals surface area contributed by atoms with E-state index < -0.39 is 11.8 Å². The molecule has 0 atom stereocenters. The molecular formula is C17H17FN4O2. The lowest BCUT2D eigenvalue weighted by Crippen LogP contribution is -2.31. The SMILES string of the molecule is O=C1CCc2cc(NC(=O)NCCc3ccccn3)c(F)cc2N1. The smallest absolute Gasteiger partial charge is 0.319 e. The Morgan fingerprint density at radius 1 is 1.29 bits per heavy atom. The van der Waals surface area contributed by atoms with Crippen molar-refractivity contribution >= 4 is 23.3 Å². The Morgan fingerprint density at radius 2 is 2.17 bits per heavy atom. The van der Waals surface area contributed by atoms with Crippen molar-refractivity contribution in [3.8, 4) is 0 Å². The Morgan fingerprint density at radius 3 is 2.96 bits per heavy atom. The van der Waals surface area contributed by atoms with Gasteiger partial charge in [-0.05, 0) is 36.2 Å². The summed E-state index contributed by atoms with van der Waals surface area (Å²) in [5.41, 5.74) is 2.23. The van der Waals surface area contributed by atoms with Crippen molar-refractivity contribution in [1.29, 1.82) is 0 Å². The van der Waals surface area contributed by atoms with Crippen molar-refractivity contribution in [2.24, 2.45) is 0 Å². The highest BCUT2D eigenvalue weighted by molar-refractivity contribution is 5.95. The van der Waals surface area contributed by atoms with Crippen LogP contribution < -0.4 is 16.0 Å². The summed E-state index contributed by atoms with van der Waals surface area (Å²) in [6.07, 6.45) is 3.16. The van der Waals surface area contributed by atoms with Crippen molar-refractivity contribution in [3.05, 3.63) is 53.6 Å². The molecule has 2 heterocycles. The van der Waals surface area contributed by atoms with Crippen molar-refractivity contribution in [3.63, 3.8) is 0 Å². The molecule has 3 amide bonds. The fourth-order valence-electron chi connectivity index (χ4n) is 2.51. The van der Waals surface area contributed by atoms with Crippen molar-refractivity contribution in [1.82, 2.24) is 10.3 Å². The fourth-order valence-corrected chi connectivity index (χ4v) is 2.51. The van der Waals surface area contributed by atoms with E-state index in [9.17, 15) is 14.0 Å². The number of nitrogens with zero attached hydrogens (tertiary/aromatic N) is 1. The van der Waals surface area contributed by atoms with Gasteiger partial charge in [0.2, 0.25) is 5.91 Å². The summed E-state index contributed by atoms with van der Waals surface area (Å²) >= 11 is 0. The highest BCUT2D eigenvalue weighted by Gasteiger charge is 2.18. The Kier molecular flexibility index (Phi) is 4.69. The molecule has 6 nitrogen and oxygen atoms in total. The highest BCUT2D eigenvalue weighted by atomic mass is 19.1. The Bertz CT molecular complexity index is 765. The van der Waals surface area contributed by atoms with Crippen LogP contribution in [0.5, 0.6) is 0 Å². The van der Waals surface area contributed by atoms with Gasteiger partial charge < -0.3 is 16.0 Å². The van der Waals surface area contributed by atoms with Crippen LogP contribution in [0.4, 0.5) is 20.6 Å². The number of benzene rings is 1. The maximum absolute atomic E-state index is 14.0. The van der Waals surface area contributed by atoms with Crippen LogP contribution in [0.3, 0.4) is 0 Å². The zero-order valence-corrected chi connectivity index (χ0v) is 12.9. The van der Waals surface area contributed by atoms with E-state index in [0.29, 0.717) is 31.5 Å². The lowest BCUT2D eigenvalue weighted by Gasteiger charge is -2.18.